The van der Waals surface area contributed by atoms with E-state index in [2.05, 4.69) is 20.6 Å². The van der Waals surface area contributed by atoms with E-state index in [9.17, 15) is 18.3 Å². The Morgan fingerprint density at radius 3 is 2.67 bits per heavy atom. The van der Waals surface area contributed by atoms with Gasteiger partial charge in [0.15, 0.2) is 12.6 Å². The molecular weight excluding hydrogens is 476 g/mol. The van der Waals surface area contributed by atoms with Crippen LogP contribution in [0.3, 0.4) is 0 Å². The molecule has 1 saturated carbocycles. The quantitative estimate of drug-likeness (QED) is 0.317. The Labute approximate surface area is 174 Å². The molecule has 0 spiro atoms. The lowest BCUT2D eigenvalue weighted by Gasteiger charge is -2.27. The molecule has 1 heterocycles. The molecule has 0 amide bonds. The molecule has 10 heteroatoms. The molecule has 0 aliphatic heterocycles. The van der Waals surface area contributed by atoms with E-state index >= 15 is 0 Å². The van der Waals surface area contributed by atoms with Gasteiger partial charge in [0.05, 0.1) is 12.6 Å². The second kappa shape index (κ2) is 11.5. The molecule has 0 unspecified atom stereocenters. The van der Waals surface area contributed by atoms with Gasteiger partial charge in [0.1, 0.15) is 0 Å². The van der Waals surface area contributed by atoms with Crippen molar-refractivity contribution in [3.63, 3.8) is 0 Å². The summed E-state index contributed by atoms with van der Waals surface area (Å²) in [6, 6.07) is 3.49. The normalized spacial score (nSPS) is 20.6. The molecule has 6 nitrogen and oxygen atoms in total. The molecule has 0 atom stereocenters. The van der Waals surface area contributed by atoms with Crippen molar-refractivity contribution in [2.24, 2.45) is 4.99 Å². The van der Waals surface area contributed by atoms with Crippen LogP contribution < -0.4 is 15.4 Å². The number of aliphatic hydroxyl groups is 1. The van der Waals surface area contributed by atoms with Crippen molar-refractivity contribution in [1.82, 2.24) is 15.6 Å². The van der Waals surface area contributed by atoms with Crippen molar-refractivity contribution in [1.29, 1.82) is 0 Å². The number of aliphatic imine (C=N–C) groups is 1. The molecule has 1 aromatic rings. The number of rotatable bonds is 6. The number of aromatic nitrogens is 1. The number of guanidine groups is 1. The van der Waals surface area contributed by atoms with Crippen LogP contribution in [0.25, 0.3) is 0 Å². The van der Waals surface area contributed by atoms with E-state index in [1.807, 2.05) is 6.92 Å². The number of alkyl halides is 3. The second-order valence-electron chi connectivity index (χ2n) is 6.22. The van der Waals surface area contributed by atoms with E-state index in [0.717, 1.165) is 25.7 Å². The van der Waals surface area contributed by atoms with Crippen LogP contribution in [-0.2, 0) is 6.54 Å². The zero-order valence-electron chi connectivity index (χ0n) is 15.1. The number of pyridine rings is 1. The van der Waals surface area contributed by atoms with Crippen molar-refractivity contribution in [2.75, 3.05) is 13.2 Å². The number of hydrogen-bond donors (Lipinski definition) is 3. The molecule has 1 fully saturated rings. The highest BCUT2D eigenvalue weighted by molar-refractivity contribution is 14.0. The van der Waals surface area contributed by atoms with E-state index in [0.29, 0.717) is 18.1 Å². The molecule has 1 aromatic heterocycles. The minimum absolute atomic E-state index is 0. The summed E-state index contributed by atoms with van der Waals surface area (Å²) >= 11 is 0. The molecule has 3 N–H and O–H groups in total. The van der Waals surface area contributed by atoms with E-state index in [-0.39, 0.29) is 48.5 Å². The third kappa shape index (κ3) is 8.96. The minimum atomic E-state index is -4.42. The van der Waals surface area contributed by atoms with Gasteiger partial charge in [-0.2, -0.15) is 13.2 Å². The Bertz CT molecular complexity index is 594. The van der Waals surface area contributed by atoms with Crippen LogP contribution in [0.4, 0.5) is 13.2 Å². The summed E-state index contributed by atoms with van der Waals surface area (Å²) in [5, 5.41) is 16.0. The summed E-state index contributed by atoms with van der Waals surface area (Å²) in [6.07, 6.45) is -0.0899. The standard InChI is InChI=1S/C17H25F3N4O2.HI/c1-2-21-16(24-13-5-7-14(25)8-6-13)23-10-12-4-3-9-22-15(12)26-11-17(18,19)20;/h3-4,9,13-14,25H,2,5-8,10-11H2,1H3,(H2,21,23,24);1H. The van der Waals surface area contributed by atoms with Crippen molar-refractivity contribution >= 4 is 29.9 Å². The Hall–Kier alpha value is -1.30. The molecule has 27 heavy (non-hydrogen) atoms. The molecule has 1 aliphatic rings. The van der Waals surface area contributed by atoms with E-state index < -0.39 is 12.8 Å². The number of ether oxygens (including phenoxy) is 1. The maximum Gasteiger partial charge on any atom is 0.422 e. The topological polar surface area (TPSA) is 78.8 Å². The number of aliphatic hydroxyl groups excluding tert-OH is 1. The maximum absolute atomic E-state index is 12.4. The molecule has 0 aromatic carbocycles. The molecule has 1 aliphatic carbocycles. The number of hydrogen-bond acceptors (Lipinski definition) is 4. The third-order valence-electron chi connectivity index (χ3n) is 4.01. The van der Waals surface area contributed by atoms with Gasteiger partial charge in [0.2, 0.25) is 5.88 Å². The average molecular weight is 502 g/mol. The van der Waals surface area contributed by atoms with Gasteiger partial charge in [-0.25, -0.2) is 9.98 Å². The number of nitrogens with zero attached hydrogens (tertiary/aromatic N) is 2. The first-order valence-corrected chi connectivity index (χ1v) is 8.73. The van der Waals surface area contributed by atoms with Crippen LogP contribution in [0.15, 0.2) is 23.3 Å². The van der Waals surface area contributed by atoms with Crippen LogP contribution >= 0.6 is 24.0 Å². The monoisotopic (exact) mass is 502 g/mol. The van der Waals surface area contributed by atoms with Gasteiger partial charge in [-0.15, -0.1) is 24.0 Å². The summed E-state index contributed by atoms with van der Waals surface area (Å²) in [5.74, 6) is 0.518. The lowest BCUT2D eigenvalue weighted by molar-refractivity contribution is -0.154. The molecule has 0 saturated heterocycles. The Morgan fingerprint density at radius 2 is 2.04 bits per heavy atom. The fraction of sp³-hybridized carbons (Fsp3) is 0.647. The van der Waals surface area contributed by atoms with Gasteiger partial charge >= 0.3 is 6.18 Å². The lowest BCUT2D eigenvalue weighted by atomic mass is 9.93. The van der Waals surface area contributed by atoms with Crippen LogP contribution in [0.5, 0.6) is 5.88 Å². The van der Waals surface area contributed by atoms with Crippen LogP contribution in [0.1, 0.15) is 38.2 Å². The highest BCUT2D eigenvalue weighted by Crippen LogP contribution is 2.21. The lowest BCUT2D eigenvalue weighted by Crippen LogP contribution is -2.45. The number of halogens is 4. The Balaban J connectivity index is 0.00000364. The van der Waals surface area contributed by atoms with Crippen molar-refractivity contribution in [2.45, 2.75) is 57.5 Å². The SMILES string of the molecule is CCNC(=NCc1cccnc1OCC(F)(F)F)NC1CCC(O)CC1.I. The van der Waals surface area contributed by atoms with Gasteiger partial charge in [0.25, 0.3) is 0 Å². The molecule has 0 radical (unpaired) electrons. The smallest absolute Gasteiger partial charge is 0.422 e. The fourth-order valence-electron chi connectivity index (χ4n) is 2.72. The average Bonchev–Trinajstić information content (AvgIpc) is 2.60. The third-order valence-corrected chi connectivity index (χ3v) is 4.01. The van der Waals surface area contributed by atoms with Crippen molar-refractivity contribution < 1.29 is 23.0 Å². The van der Waals surface area contributed by atoms with Crippen LogP contribution in [-0.4, -0.2) is 47.5 Å². The summed E-state index contributed by atoms with van der Waals surface area (Å²) in [6.45, 7) is 1.35. The molecular formula is C17H26F3IN4O2. The highest BCUT2D eigenvalue weighted by Gasteiger charge is 2.29. The van der Waals surface area contributed by atoms with Gasteiger partial charge in [-0.05, 0) is 38.7 Å². The first-order valence-electron chi connectivity index (χ1n) is 8.73. The summed E-state index contributed by atoms with van der Waals surface area (Å²) in [7, 11) is 0. The van der Waals surface area contributed by atoms with Crippen LogP contribution in [0, 0.1) is 0 Å². The molecule has 0 bridgehead atoms. The zero-order chi connectivity index (χ0) is 19.0. The van der Waals surface area contributed by atoms with Gasteiger partial charge < -0.3 is 20.5 Å². The van der Waals surface area contributed by atoms with Crippen molar-refractivity contribution in [3.05, 3.63) is 23.9 Å². The summed E-state index contributed by atoms with van der Waals surface area (Å²) in [4.78, 5) is 8.30. The predicted molar refractivity (Wildman–Crippen MR) is 107 cm³/mol. The molecule has 154 valence electrons. The van der Waals surface area contributed by atoms with Gasteiger partial charge in [-0.3, -0.25) is 0 Å². The largest absolute Gasteiger partial charge is 0.468 e. The summed E-state index contributed by atoms with van der Waals surface area (Å²) in [5.41, 5.74) is 0.480. The van der Waals surface area contributed by atoms with E-state index in [4.69, 9.17) is 4.74 Å². The highest BCUT2D eigenvalue weighted by atomic mass is 127. The summed E-state index contributed by atoms with van der Waals surface area (Å²) < 4.78 is 41.9. The zero-order valence-corrected chi connectivity index (χ0v) is 17.5. The van der Waals surface area contributed by atoms with E-state index in [1.165, 1.54) is 6.20 Å². The second-order valence-corrected chi connectivity index (χ2v) is 6.22. The van der Waals surface area contributed by atoms with E-state index in [1.54, 1.807) is 12.1 Å². The van der Waals surface area contributed by atoms with Crippen molar-refractivity contribution in [3.8, 4) is 5.88 Å². The predicted octanol–water partition coefficient (Wildman–Crippen LogP) is 3.00. The van der Waals surface area contributed by atoms with Gasteiger partial charge in [0, 0.05) is 24.3 Å². The Morgan fingerprint density at radius 1 is 1.33 bits per heavy atom. The first kappa shape index (κ1) is 23.7. The fourth-order valence-corrected chi connectivity index (χ4v) is 2.72. The minimum Gasteiger partial charge on any atom is -0.468 e. The first-order chi connectivity index (χ1) is 12.4. The van der Waals surface area contributed by atoms with Crippen LogP contribution in [0.2, 0.25) is 0 Å². The number of nitrogens with one attached hydrogen (secondary N) is 2. The Kier molecular flexibility index (Phi) is 10.1. The maximum atomic E-state index is 12.4. The van der Waals surface area contributed by atoms with Gasteiger partial charge in [-0.1, -0.05) is 6.07 Å². The molecule has 2 rings (SSSR count).